The third-order valence-electron chi connectivity index (χ3n) is 2.87. The van der Waals surface area contributed by atoms with Gasteiger partial charge in [-0.25, -0.2) is 9.97 Å². The van der Waals surface area contributed by atoms with Gasteiger partial charge in [0.2, 0.25) is 0 Å². The minimum absolute atomic E-state index is 0.151. The topological polar surface area (TPSA) is 66.9 Å². The van der Waals surface area contributed by atoms with Gasteiger partial charge in [0, 0.05) is 24.9 Å². The standard InChI is InChI=1S/C15H20N4OS/c1-3-8-16-14-6-4-5-13(19-14)15(20)17-9-7-12-10-21-11(2)18-12/h4-6,10H,3,7-9H2,1-2H3,(H,16,19)(H,17,20). The molecule has 0 spiro atoms. The Bertz CT molecular complexity index is 597. The highest BCUT2D eigenvalue weighted by Crippen LogP contribution is 2.08. The number of hydrogen-bond donors (Lipinski definition) is 2. The predicted octanol–water partition coefficient (Wildman–Crippen LogP) is 2.64. The van der Waals surface area contributed by atoms with Crippen molar-refractivity contribution in [1.82, 2.24) is 15.3 Å². The SMILES string of the molecule is CCCNc1cccc(C(=O)NCCc2csc(C)n2)n1. The summed E-state index contributed by atoms with van der Waals surface area (Å²) < 4.78 is 0. The van der Waals surface area contributed by atoms with Gasteiger partial charge in [-0.05, 0) is 25.5 Å². The van der Waals surface area contributed by atoms with E-state index in [-0.39, 0.29) is 5.91 Å². The Hall–Kier alpha value is -1.95. The van der Waals surface area contributed by atoms with Crippen molar-refractivity contribution in [2.24, 2.45) is 0 Å². The molecule has 0 bridgehead atoms. The van der Waals surface area contributed by atoms with E-state index in [0.717, 1.165) is 35.9 Å². The van der Waals surface area contributed by atoms with Crippen LogP contribution in [-0.2, 0) is 6.42 Å². The molecule has 0 aliphatic carbocycles. The van der Waals surface area contributed by atoms with Crippen molar-refractivity contribution in [1.29, 1.82) is 0 Å². The number of pyridine rings is 1. The Morgan fingerprint density at radius 2 is 2.14 bits per heavy atom. The molecule has 0 aliphatic heterocycles. The second-order valence-electron chi connectivity index (χ2n) is 4.70. The van der Waals surface area contributed by atoms with Gasteiger partial charge in [-0.1, -0.05) is 13.0 Å². The maximum atomic E-state index is 12.0. The molecule has 0 saturated heterocycles. The number of anilines is 1. The van der Waals surface area contributed by atoms with Gasteiger partial charge in [0.1, 0.15) is 11.5 Å². The van der Waals surface area contributed by atoms with E-state index in [1.165, 1.54) is 0 Å². The number of thiazole rings is 1. The Morgan fingerprint density at radius 1 is 1.29 bits per heavy atom. The fourth-order valence-corrected chi connectivity index (χ4v) is 2.48. The second kappa shape index (κ2) is 7.73. The van der Waals surface area contributed by atoms with E-state index >= 15 is 0 Å². The van der Waals surface area contributed by atoms with Crippen LogP contribution in [0.1, 0.15) is 34.5 Å². The second-order valence-corrected chi connectivity index (χ2v) is 5.76. The zero-order valence-electron chi connectivity index (χ0n) is 12.3. The number of carbonyl (C=O) groups excluding carboxylic acids is 1. The van der Waals surface area contributed by atoms with Crippen LogP contribution >= 0.6 is 11.3 Å². The fourth-order valence-electron chi connectivity index (χ4n) is 1.83. The Morgan fingerprint density at radius 3 is 2.86 bits per heavy atom. The molecule has 21 heavy (non-hydrogen) atoms. The molecular weight excluding hydrogens is 284 g/mol. The molecule has 2 N–H and O–H groups in total. The molecule has 2 aromatic rings. The lowest BCUT2D eigenvalue weighted by molar-refractivity contribution is 0.0949. The molecule has 5 nitrogen and oxygen atoms in total. The summed E-state index contributed by atoms with van der Waals surface area (Å²) in [7, 11) is 0. The first-order valence-electron chi connectivity index (χ1n) is 7.09. The Kier molecular flexibility index (Phi) is 5.68. The van der Waals surface area contributed by atoms with Gasteiger partial charge < -0.3 is 10.6 Å². The van der Waals surface area contributed by atoms with Crippen molar-refractivity contribution in [3.05, 3.63) is 40.0 Å². The van der Waals surface area contributed by atoms with Crippen LogP contribution in [0.3, 0.4) is 0 Å². The molecule has 0 fully saturated rings. The molecule has 0 aromatic carbocycles. The fraction of sp³-hybridized carbons (Fsp3) is 0.400. The summed E-state index contributed by atoms with van der Waals surface area (Å²) in [5, 5.41) is 9.12. The lowest BCUT2D eigenvalue weighted by Gasteiger charge is -2.07. The summed E-state index contributed by atoms with van der Waals surface area (Å²) >= 11 is 1.62. The number of amides is 1. The van der Waals surface area contributed by atoms with Crippen molar-refractivity contribution in [3.63, 3.8) is 0 Å². The summed E-state index contributed by atoms with van der Waals surface area (Å²) in [6.07, 6.45) is 1.76. The van der Waals surface area contributed by atoms with E-state index in [1.807, 2.05) is 24.4 Å². The van der Waals surface area contributed by atoms with Gasteiger partial charge in [0.15, 0.2) is 0 Å². The summed E-state index contributed by atoms with van der Waals surface area (Å²) in [4.78, 5) is 20.7. The highest BCUT2D eigenvalue weighted by molar-refractivity contribution is 7.09. The largest absolute Gasteiger partial charge is 0.370 e. The minimum atomic E-state index is -0.151. The summed E-state index contributed by atoms with van der Waals surface area (Å²) in [6, 6.07) is 5.42. The molecule has 2 aromatic heterocycles. The van der Waals surface area contributed by atoms with Crippen LogP contribution in [0.2, 0.25) is 0 Å². The first-order chi connectivity index (χ1) is 10.2. The summed E-state index contributed by atoms with van der Waals surface area (Å²) in [5.41, 5.74) is 1.45. The van der Waals surface area contributed by atoms with Crippen LogP contribution in [0.5, 0.6) is 0 Å². The number of hydrogen-bond acceptors (Lipinski definition) is 5. The molecular formula is C15H20N4OS. The molecule has 0 aliphatic rings. The molecule has 6 heteroatoms. The number of aryl methyl sites for hydroxylation is 1. The van der Waals surface area contributed by atoms with E-state index in [2.05, 4.69) is 27.5 Å². The third-order valence-corrected chi connectivity index (χ3v) is 3.69. The predicted molar refractivity (Wildman–Crippen MR) is 85.9 cm³/mol. The highest BCUT2D eigenvalue weighted by Gasteiger charge is 2.07. The zero-order chi connectivity index (χ0) is 15.1. The number of rotatable bonds is 7. The average Bonchev–Trinajstić information content (AvgIpc) is 2.91. The van der Waals surface area contributed by atoms with Crippen LogP contribution in [0.4, 0.5) is 5.82 Å². The molecule has 0 saturated carbocycles. The molecule has 1 amide bonds. The van der Waals surface area contributed by atoms with Gasteiger partial charge in [-0.15, -0.1) is 11.3 Å². The summed E-state index contributed by atoms with van der Waals surface area (Å²) in [6.45, 7) is 5.48. The van der Waals surface area contributed by atoms with Crippen LogP contribution < -0.4 is 10.6 Å². The van der Waals surface area contributed by atoms with Gasteiger partial charge in [0.05, 0.1) is 10.7 Å². The molecule has 2 rings (SSSR count). The van der Waals surface area contributed by atoms with E-state index in [9.17, 15) is 4.79 Å². The number of nitrogens with zero attached hydrogens (tertiary/aromatic N) is 2. The maximum Gasteiger partial charge on any atom is 0.269 e. The molecule has 0 unspecified atom stereocenters. The van der Waals surface area contributed by atoms with Gasteiger partial charge in [-0.2, -0.15) is 0 Å². The monoisotopic (exact) mass is 304 g/mol. The van der Waals surface area contributed by atoms with E-state index in [1.54, 1.807) is 17.4 Å². The van der Waals surface area contributed by atoms with E-state index < -0.39 is 0 Å². The first kappa shape index (κ1) is 15.4. The normalized spacial score (nSPS) is 10.4. The first-order valence-corrected chi connectivity index (χ1v) is 7.97. The minimum Gasteiger partial charge on any atom is -0.370 e. The third kappa shape index (κ3) is 4.82. The van der Waals surface area contributed by atoms with Gasteiger partial charge in [-0.3, -0.25) is 4.79 Å². The lowest BCUT2D eigenvalue weighted by Crippen LogP contribution is -2.26. The highest BCUT2D eigenvalue weighted by atomic mass is 32.1. The Balaban J connectivity index is 1.85. The number of aromatic nitrogens is 2. The van der Waals surface area contributed by atoms with Gasteiger partial charge in [0.25, 0.3) is 5.91 Å². The molecule has 0 radical (unpaired) electrons. The van der Waals surface area contributed by atoms with Crippen molar-refractivity contribution < 1.29 is 4.79 Å². The van der Waals surface area contributed by atoms with E-state index in [4.69, 9.17) is 0 Å². The maximum absolute atomic E-state index is 12.0. The van der Waals surface area contributed by atoms with Crippen molar-refractivity contribution in [3.8, 4) is 0 Å². The number of nitrogens with one attached hydrogen (secondary N) is 2. The van der Waals surface area contributed by atoms with E-state index in [0.29, 0.717) is 12.2 Å². The van der Waals surface area contributed by atoms with Crippen LogP contribution in [0, 0.1) is 6.92 Å². The average molecular weight is 304 g/mol. The van der Waals surface area contributed by atoms with Crippen molar-refractivity contribution >= 4 is 23.1 Å². The van der Waals surface area contributed by atoms with Crippen LogP contribution in [0.25, 0.3) is 0 Å². The van der Waals surface area contributed by atoms with Crippen molar-refractivity contribution in [2.45, 2.75) is 26.7 Å². The molecule has 0 atom stereocenters. The molecule has 112 valence electrons. The van der Waals surface area contributed by atoms with Gasteiger partial charge >= 0.3 is 0 Å². The Labute approximate surface area is 128 Å². The van der Waals surface area contributed by atoms with Crippen LogP contribution in [0.15, 0.2) is 23.6 Å². The molecule has 2 heterocycles. The van der Waals surface area contributed by atoms with Crippen LogP contribution in [-0.4, -0.2) is 29.0 Å². The smallest absolute Gasteiger partial charge is 0.269 e. The lowest BCUT2D eigenvalue weighted by atomic mass is 10.3. The number of carbonyl (C=O) groups is 1. The van der Waals surface area contributed by atoms with Crippen molar-refractivity contribution in [2.75, 3.05) is 18.4 Å². The quantitative estimate of drug-likeness (QED) is 0.825. The summed E-state index contributed by atoms with van der Waals surface area (Å²) in [5.74, 6) is 0.585. The zero-order valence-corrected chi connectivity index (χ0v) is 13.2.